The number of halogens is 1. The minimum absolute atomic E-state index is 0.0509. The quantitative estimate of drug-likeness (QED) is 0.280. The molecular formula is C27H33FN2O4S2. The van der Waals surface area contributed by atoms with Gasteiger partial charge in [0.2, 0.25) is 0 Å². The van der Waals surface area contributed by atoms with Crippen LogP contribution in [0.1, 0.15) is 49.4 Å². The van der Waals surface area contributed by atoms with Crippen LogP contribution in [0.4, 0.5) is 4.39 Å². The van der Waals surface area contributed by atoms with Crippen molar-refractivity contribution in [3.05, 3.63) is 53.0 Å². The molecule has 3 aromatic rings. The molecule has 3 heterocycles. The molecule has 2 aromatic heterocycles. The average Bonchev–Trinajstić information content (AvgIpc) is 3.40. The van der Waals surface area contributed by atoms with E-state index in [4.69, 9.17) is 4.74 Å². The van der Waals surface area contributed by atoms with E-state index in [0.717, 1.165) is 38.2 Å². The van der Waals surface area contributed by atoms with Crippen LogP contribution in [0.5, 0.6) is 5.75 Å². The number of nitrogens with zero attached hydrogens (tertiary/aromatic N) is 2. The third-order valence-electron chi connectivity index (χ3n) is 7.20. The van der Waals surface area contributed by atoms with E-state index in [1.165, 1.54) is 10.4 Å². The average molecular weight is 533 g/mol. The summed E-state index contributed by atoms with van der Waals surface area (Å²) in [5.74, 6) is 0.767. The number of aliphatic carboxylic acids is 1. The molecule has 2 N–H and O–H groups in total. The Morgan fingerprint density at radius 1 is 1.33 bits per heavy atom. The molecule has 0 aliphatic carbocycles. The molecule has 1 fully saturated rings. The fourth-order valence-electron chi connectivity index (χ4n) is 5.14. The number of carbonyl (C=O) groups is 1. The number of aliphatic hydroxyl groups is 1. The van der Waals surface area contributed by atoms with Crippen LogP contribution in [0, 0.1) is 5.41 Å². The van der Waals surface area contributed by atoms with Crippen LogP contribution in [0.25, 0.3) is 10.9 Å². The number of alkyl halides is 1. The lowest BCUT2D eigenvalue weighted by Crippen LogP contribution is -2.42. The molecule has 0 radical (unpaired) electrons. The Morgan fingerprint density at radius 2 is 2.14 bits per heavy atom. The van der Waals surface area contributed by atoms with Crippen LogP contribution in [0.3, 0.4) is 0 Å². The van der Waals surface area contributed by atoms with Crippen molar-refractivity contribution in [3.63, 3.8) is 0 Å². The molecule has 6 nitrogen and oxygen atoms in total. The summed E-state index contributed by atoms with van der Waals surface area (Å²) in [6, 6.07) is 9.49. The van der Waals surface area contributed by atoms with Gasteiger partial charge in [-0.15, -0.1) is 23.1 Å². The summed E-state index contributed by atoms with van der Waals surface area (Å²) < 4.78 is 22.5. The fraction of sp³-hybridized carbons (Fsp3) is 0.481. The van der Waals surface area contributed by atoms with Crippen LogP contribution in [-0.4, -0.2) is 58.6 Å². The maximum Gasteiger partial charge on any atom is 0.303 e. The second kappa shape index (κ2) is 12.4. The number of rotatable bonds is 12. The van der Waals surface area contributed by atoms with Crippen molar-refractivity contribution in [1.29, 1.82) is 0 Å². The highest BCUT2D eigenvalue weighted by Gasteiger charge is 2.37. The third kappa shape index (κ3) is 6.56. The van der Waals surface area contributed by atoms with Crippen molar-refractivity contribution in [3.8, 4) is 5.75 Å². The van der Waals surface area contributed by atoms with E-state index in [2.05, 4.69) is 27.4 Å². The number of hydrogen-bond donors (Lipinski definition) is 2. The maximum absolute atomic E-state index is 15.8. The Bertz CT molecular complexity index is 1140. The summed E-state index contributed by atoms with van der Waals surface area (Å²) in [5, 5.41) is 22.2. The van der Waals surface area contributed by atoms with Crippen LogP contribution in [-0.2, 0) is 11.4 Å². The van der Waals surface area contributed by atoms with Crippen molar-refractivity contribution in [1.82, 2.24) is 9.88 Å². The largest absolute Gasteiger partial charge is 0.497 e. The standard InChI is InChI=1S/C27H33FN2O4S2/c1-34-20-4-5-23-21(15-20)26(19(18-31)17-29-23)22(28)6-7-27(16-24(32)33)8-10-30(11-9-27)12-14-36-25-3-2-13-35-25/h2-5,13,15,17,22,31H,6-12,14,16,18H2,1H3,(H,32,33)/t22-/m1/s1. The number of likely N-dealkylation sites (tertiary alicyclic amines) is 1. The minimum atomic E-state index is -1.34. The molecule has 0 bridgehead atoms. The normalized spacial score (nSPS) is 16.8. The van der Waals surface area contributed by atoms with Crippen molar-refractivity contribution in [2.75, 3.05) is 32.5 Å². The van der Waals surface area contributed by atoms with Gasteiger partial charge in [0.05, 0.1) is 29.9 Å². The number of thiophene rings is 1. The molecule has 1 atom stereocenters. The van der Waals surface area contributed by atoms with E-state index in [1.807, 2.05) is 11.8 Å². The number of hydrogen-bond acceptors (Lipinski definition) is 7. The highest BCUT2D eigenvalue weighted by molar-refractivity contribution is 8.01. The molecule has 1 aromatic carbocycles. The number of ether oxygens (including phenoxy) is 1. The van der Waals surface area contributed by atoms with Crippen molar-refractivity contribution < 1.29 is 24.1 Å². The molecule has 36 heavy (non-hydrogen) atoms. The van der Waals surface area contributed by atoms with Crippen LogP contribution in [0.2, 0.25) is 0 Å². The van der Waals surface area contributed by atoms with E-state index >= 15 is 4.39 Å². The van der Waals surface area contributed by atoms with Gasteiger partial charge in [-0.3, -0.25) is 9.78 Å². The number of piperidine rings is 1. The van der Waals surface area contributed by atoms with Gasteiger partial charge < -0.3 is 19.8 Å². The zero-order chi connectivity index (χ0) is 25.5. The molecule has 0 unspecified atom stereocenters. The molecular weight excluding hydrogens is 499 g/mol. The smallest absolute Gasteiger partial charge is 0.303 e. The Labute approximate surface area is 219 Å². The van der Waals surface area contributed by atoms with Crippen molar-refractivity contribution in [2.24, 2.45) is 5.41 Å². The van der Waals surface area contributed by atoms with Gasteiger partial charge >= 0.3 is 5.97 Å². The molecule has 1 saturated heterocycles. The molecule has 1 aliphatic heterocycles. The number of carboxylic acids is 1. The van der Waals surface area contributed by atoms with Crippen molar-refractivity contribution in [2.45, 2.75) is 49.1 Å². The van der Waals surface area contributed by atoms with E-state index in [0.29, 0.717) is 34.2 Å². The molecule has 0 saturated carbocycles. The van der Waals surface area contributed by atoms with Crippen LogP contribution in [0.15, 0.2) is 46.1 Å². The van der Waals surface area contributed by atoms with Gasteiger partial charge in [-0.05, 0) is 73.8 Å². The second-order valence-corrected chi connectivity index (χ2v) is 11.8. The van der Waals surface area contributed by atoms with E-state index in [1.54, 1.807) is 36.6 Å². The van der Waals surface area contributed by atoms with Gasteiger partial charge in [-0.2, -0.15) is 0 Å². The number of aliphatic hydroxyl groups excluding tert-OH is 1. The summed E-state index contributed by atoms with van der Waals surface area (Å²) in [7, 11) is 1.56. The predicted molar refractivity (Wildman–Crippen MR) is 143 cm³/mol. The Hall–Kier alpha value is -2.20. The first-order valence-electron chi connectivity index (χ1n) is 12.2. The Morgan fingerprint density at radius 3 is 2.81 bits per heavy atom. The molecule has 194 valence electrons. The fourth-order valence-corrected chi connectivity index (χ4v) is 7.00. The number of carboxylic acid groups (broad SMARTS) is 1. The second-order valence-electron chi connectivity index (χ2n) is 9.44. The lowest BCUT2D eigenvalue weighted by Gasteiger charge is -2.41. The zero-order valence-electron chi connectivity index (χ0n) is 20.5. The van der Waals surface area contributed by atoms with E-state index < -0.39 is 17.6 Å². The first-order valence-corrected chi connectivity index (χ1v) is 14.1. The van der Waals surface area contributed by atoms with Gasteiger partial charge in [0, 0.05) is 35.0 Å². The Balaban J connectivity index is 1.43. The van der Waals surface area contributed by atoms with Crippen molar-refractivity contribution >= 4 is 40.0 Å². The zero-order valence-corrected chi connectivity index (χ0v) is 22.1. The summed E-state index contributed by atoms with van der Waals surface area (Å²) in [4.78, 5) is 18.5. The van der Waals surface area contributed by atoms with Gasteiger partial charge in [0.1, 0.15) is 11.9 Å². The molecule has 1 aliphatic rings. The predicted octanol–water partition coefficient (Wildman–Crippen LogP) is 5.94. The molecule has 9 heteroatoms. The molecule has 0 amide bonds. The van der Waals surface area contributed by atoms with Crippen LogP contribution >= 0.6 is 23.1 Å². The number of methoxy groups -OCH3 is 1. The number of fused-ring (bicyclic) bond motifs is 1. The van der Waals surface area contributed by atoms with Gasteiger partial charge in [0.25, 0.3) is 0 Å². The number of pyridine rings is 1. The lowest BCUT2D eigenvalue weighted by molar-refractivity contribution is -0.141. The third-order valence-corrected chi connectivity index (χ3v) is 9.31. The summed E-state index contributed by atoms with van der Waals surface area (Å²) in [6.45, 7) is 2.30. The Kier molecular flexibility index (Phi) is 9.22. The van der Waals surface area contributed by atoms with Gasteiger partial charge in [0.15, 0.2) is 0 Å². The monoisotopic (exact) mass is 532 g/mol. The maximum atomic E-state index is 15.8. The first kappa shape index (κ1) is 26.9. The number of thioether (sulfide) groups is 1. The highest BCUT2D eigenvalue weighted by Crippen LogP contribution is 2.43. The summed E-state index contributed by atoms with van der Waals surface area (Å²) in [6.07, 6.45) is 2.41. The van der Waals surface area contributed by atoms with Gasteiger partial charge in [-0.1, -0.05) is 6.07 Å². The topological polar surface area (TPSA) is 82.9 Å². The van der Waals surface area contributed by atoms with Crippen LogP contribution < -0.4 is 4.74 Å². The van der Waals surface area contributed by atoms with Gasteiger partial charge in [-0.25, -0.2) is 4.39 Å². The highest BCUT2D eigenvalue weighted by atomic mass is 32.2. The summed E-state index contributed by atoms with van der Waals surface area (Å²) >= 11 is 3.59. The molecule has 4 rings (SSSR count). The van der Waals surface area contributed by atoms with E-state index in [9.17, 15) is 15.0 Å². The number of aromatic nitrogens is 1. The molecule has 0 spiro atoms. The SMILES string of the molecule is COc1ccc2ncc(CO)c([C@H](F)CCC3(CC(=O)O)CCN(CCSc4cccs4)CC3)c2c1. The minimum Gasteiger partial charge on any atom is -0.497 e. The van der Waals surface area contributed by atoms with E-state index in [-0.39, 0.29) is 19.4 Å². The summed E-state index contributed by atoms with van der Waals surface area (Å²) in [5.41, 5.74) is 1.09. The first-order chi connectivity index (χ1) is 17.4. The number of benzene rings is 1. The lowest BCUT2D eigenvalue weighted by atomic mass is 9.71.